The number of rotatable bonds is 6. The highest BCUT2D eigenvalue weighted by atomic mass is 16.5. The van der Waals surface area contributed by atoms with Crippen LogP contribution in [0.15, 0.2) is 82.1 Å². The molecule has 1 heterocycles. The average molecular weight is 430 g/mol. The summed E-state index contributed by atoms with van der Waals surface area (Å²) in [6, 6.07) is 20.8. The molecule has 0 aliphatic heterocycles. The molecule has 0 spiro atoms. The number of anilines is 1. The number of aliphatic hydroxyl groups is 1. The molecule has 1 atom stereocenters. The molecule has 0 bridgehead atoms. The van der Waals surface area contributed by atoms with Crippen molar-refractivity contribution in [2.45, 2.75) is 18.9 Å². The largest absolute Gasteiger partial charge is 0.497 e. The summed E-state index contributed by atoms with van der Waals surface area (Å²) in [7, 11) is 1.55. The van der Waals surface area contributed by atoms with Crippen LogP contribution in [0.3, 0.4) is 0 Å². The first-order chi connectivity index (χ1) is 15.4. The van der Waals surface area contributed by atoms with Gasteiger partial charge >= 0.3 is 5.63 Å². The molecule has 7 heteroatoms. The lowest BCUT2D eigenvalue weighted by Gasteiger charge is -2.28. The SMILES string of the molecule is COc1ccc(C(O)(Cc2ccccc2)C(=O)Nc2ccc3c(=O)onc(C)c3c2)cc1. The van der Waals surface area contributed by atoms with Crippen molar-refractivity contribution in [1.29, 1.82) is 0 Å². The minimum atomic E-state index is -1.84. The Morgan fingerprint density at radius 3 is 2.47 bits per heavy atom. The standard InChI is InChI=1S/C25H22N2O5/c1-16-22-14-19(10-13-21(22)23(28)32-27-16)26-24(29)25(30,15-17-6-4-3-5-7-17)18-8-11-20(31-2)12-9-18/h3-14,30H,15H2,1-2H3,(H,26,29). The fourth-order valence-corrected chi connectivity index (χ4v) is 3.61. The first-order valence-electron chi connectivity index (χ1n) is 10.0. The van der Waals surface area contributed by atoms with Crippen molar-refractivity contribution < 1.29 is 19.2 Å². The van der Waals surface area contributed by atoms with Gasteiger partial charge in [-0.3, -0.25) is 4.79 Å². The smallest absolute Gasteiger partial charge is 0.366 e. The number of hydrogen-bond donors (Lipinski definition) is 2. The maximum Gasteiger partial charge on any atom is 0.366 e. The number of aromatic nitrogens is 1. The van der Waals surface area contributed by atoms with Gasteiger partial charge in [0.05, 0.1) is 18.2 Å². The molecule has 0 aliphatic rings. The van der Waals surface area contributed by atoms with Gasteiger partial charge in [0, 0.05) is 17.5 Å². The van der Waals surface area contributed by atoms with Gasteiger partial charge in [0.1, 0.15) is 5.75 Å². The number of nitrogens with zero attached hydrogens (tertiary/aromatic N) is 1. The lowest BCUT2D eigenvalue weighted by molar-refractivity contribution is -0.135. The van der Waals surface area contributed by atoms with Crippen LogP contribution in [0.2, 0.25) is 0 Å². The molecule has 7 nitrogen and oxygen atoms in total. The van der Waals surface area contributed by atoms with Crippen LogP contribution in [-0.4, -0.2) is 23.3 Å². The van der Waals surface area contributed by atoms with E-state index >= 15 is 0 Å². The number of benzene rings is 3. The molecule has 0 radical (unpaired) electrons. The summed E-state index contributed by atoms with van der Waals surface area (Å²) in [6.45, 7) is 1.71. The number of aryl methyl sites for hydroxylation is 1. The second kappa shape index (κ2) is 8.64. The summed E-state index contributed by atoms with van der Waals surface area (Å²) >= 11 is 0. The highest BCUT2D eigenvalue weighted by Gasteiger charge is 2.38. The Kier molecular flexibility index (Phi) is 5.75. The number of ether oxygens (including phenoxy) is 1. The number of carbonyl (C=O) groups excluding carboxylic acids is 1. The number of fused-ring (bicyclic) bond motifs is 1. The predicted octanol–water partition coefficient (Wildman–Crippen LogP) is 3.57. The van der Waals surface area contributed by atoms with Crippen LogP contribution in [0.4, 0.5) is 5.69 Å². The van der Waals surface area contributed by atoms with Crippen molar-refractivity contribution in [3.8, 4) is 5.75 Å². The minimum absolute atomic E-state index is 0.0732. The van der Waals surface area contributed by atoms with Crippen molar-refractivity contribution >= 4 is 22.4 Å². The molecule has 32 heavy (non-hydrogen) atoms. The summed E-state index contributed by atoms with van der Waals surface area (Å²) in [5.41, 5.74) is -0.215. The topological polar surface area (TPSA) is 102 Å². The molecule has 162 valence electrons. The van der Waals surface area contributed by atoms with E-state index in [-0.39, 0.29) is 6.42 Å². The van der Waals surface area contributed by atoms with Gasteiger partial charge < -0.3 is 19.7 Å². The Hall–Kier alpha value is -3.97. The maximum absolute atomic E-state index is 13.4. The van der Waals surface area contributed by atoms with Crippen molar-refractivity contribution in [2.75, 3.05) is 12.4 Å². The molecule has 4 aromatic rings. The highest BCUT2D eigenvalue weighted by Crippen LogP contribution is 2.30. The lowest BCUT2D eigenvalue weighted by Crippen LogP contribution is -2.42. The zero-order chi connectivity index (χ0) is 22.7. The molecule has 0 saturated carbocycles. The number of hydrogen-bond acceptors (Lipinski definition) is 6. The normalized spacial score (nSPS) is 12.8. The molecule has 1 aromatic heterocycles. The molecule has 0 aliphatic carbocycles. The van der Waals surface area contributed by atoms with E-state index in [0.29, 0.717) is 33.5 Å². The zero-order valence-corrected chi connectivity index (χ0v) is 17.7. The van der Waals surface area contributed by atoms with Crippen molar-refractivity contribution in [2.24, 2.45) is 0 Å². The Labute approximate surface area is 184 Å². The molecular weight excluding hydrogens is 408 g/mol. The Morgan fingerprint density at radius 1 is 1.06 bits per heavy atom. The van der Waals surface area contributed by atoms with Crippen molar-refractivity contribution in [1.82, 2.24) is 5.16 Å². The number of amides is 1. The molecule has 2 N–H and O–H groups in total. The molecule has 1 amide bonds. The maximum atomic E-state index is 13.4. The van der Waals surface area contributed by atoms with Crippen LogP contribution >= 0.6 is 0 Å². The van der Waals surface area contributed by atoms with Gasteiger partial charge in [-0.1, -0.05) is 47.6 Å². The van der Waals surface area contributed by atoms with E-state index < -0.39 is 17.1 Å². The fraction of sp³-hybridized carbons (Fsp3) is 0.160. The monoisotopic (exact) mass is 430 g/mol. The summed E-state index contributed by atoms with van der Waals surface area (Å²) in [5.74, 6) is 0.0204. The Morgan fingerprint density at radius 2 is 1.78 bits per heavy atom. The van der Waals surface area contributed by atoms with Crippen molar-refractivity contribution in [3.05, 3.63) is 100 Å². The van der Waals surface area contributed by atoms with E-state index in [1.807, 2.05) is 30.3 Å². The third kappa shape index (κ3) is 4.10. The van der Waals surface area contributed by atoms with Gasteiger partial charge in [0.15, 0.2) is 5.60 Å². The molecule has 0 saturated heterocycles. The number of nitrogens with one attached hydrogen (secondary N) is 1. The van der Waals surface area contributed by atoms with Crippen LogP contribution in [0.5, 0.6) is 5.75 Å². The first-order valence-corrected chi connectivity index (χ1v) is 10.0. The fourth-order valence-electron chi connectivity index (χ4n) is 3.61. The molecular formula is C25H22N2O5. The third-order valence-electron chi connectivity index (χ3n) is 5.40. The Balaban J connectivity index is 1.72. The van der Waals surface area contributed by atoms with E-state index in [0.717, 1.165) is 5.56 Å². The molecule has 3 aromatic carbocycles. The van der Waals surface area contributed by atoms with Crippen LogP contribution in [0.1, 0.15) is 16.8 Å². The lowest BCUT2D eigenvalue weighted by atomic mass is 9.86. The van der Waals surface area contributed by atoms with E-state index in [1.165, 1.54) is 0 Å². The second-order valence-electron chi connectivity index (χ2n) is 7.52. The predicted molar refractivity (Wildman–Crippen MR) is 121 cm³/mol. The summed E-state index contributed by atoms with van der Waals surface area (Å²) < 4.78 is 9.94. The summed E-state index contributed by atoms with van der Waals surface area (Å²) in [4.78, 5) is 25.3. The van der Waals surface area contributed by atoms with Gasteiger partial charge in [-0.15, -0.1) is 0 Å². The van der Waals surface area contributed by atoms with Crippen LogP contribution < -0.4 is 15.7 Å². The molecule has 1 unspecified atom stereocenters. The van der Waals surface area contributed by atoms with Gasteiger partial charge in [-0.05, 0) is 48.4 Å². The number of carbonyl (C=O) groups is 1. The summed E-state index contributed by atoms with van der Waals surface area (Å²) in [6.07, 6.45) is 0.0732. The Bertz CT molecular complexity index is 1320. The van der Waals surface area contributed by atoms with E-state index in [1.54, 1.807) is 56.5 Å². The average Bonchev–Trinajstić information content (AvgIpc) is 2.82. The third-order valence-corrected chi connectivity index (χ3v) is 5.40. The highest BCUT2D eigenvalue weighted by molar-refractivity contribution is 6.00. The quantitative estimate of drug-likeness (QED) is 0.485. The molecule has 0 fully saturated rings. The van der Waals surface area contributed by atoms with Crippen LogP contribution in [0.25, 0.3) is 10.8 Å². The van der Waals surface area contributed by atoms with Crippen LogP contribution in [-0.2, 0) is 16.8 Å². The number of methoxy groups -OCH3 is 1. The summed E-state index contributed by atoms with van der Waals surface area (Å²) in [5, 5.41) is 19.1. The van der Waals surface area contributed by atoms with E-state index in [4.69, 9.17) is 9.26 Å². The van der Waals surface area contributed by atoms with Gasteiger partial charge in [-0.25, -0.2) is 4.79 Å². The van der Waals surface area contributed by atoms with Gasteiger partial charge in [0.2, 0.25) is 0 Å². The minimum Gasteiger partial charge on any atom is -0.497 e. The zero-order valence-electron chi connectivity index (χ0n) is 17.7. The van der Waals surface area contributed by atoms with Crippen molar-refractivity contribution in [3.63, 3.8) is 0 Å². The first kappa shape index (κ1) is 21.3. The van der Waals surface area contributed by atoms with E-state index in [9.17, 15) is 14.7 Å². The molecule has 4 rings (SSSR count). The van der Waals surface area contributed by atoms with Gasteiger partial charge in [0.25, 0.3) is 5.91 Å². The van der Waals surface area contributed by atoms with Gasteiger partial charge in [-0.2, -0.15) is 0 Å². The second-order valence-corrected chi connectivity index (χ2v) is 7.52. The van der Waals surface area contributed by atoms with Crippen LogP contribution in [0, 0.1) is 6.92 Å². The van der Waals surface area contributed by atoms with E-state index in [2.05, 4.69) is 10.5 Å².